The zero-order valence-corrected chi connectivity index (χ0v) is 16.4. The molecular formula is C23H22N4O3. The number of anilines is 3. The molecule has 1 heterocycles. The Labute approximate surface area is 174 Å². The molecule has 1 amide bonds. The van der Waals surface area contributed by atoms with Gasteiger partial charge in [0.25, 0.3) is 11.6 Å². The van der Waals surface area contributed by atoms with Crippen molar-refractivity contribution >= 4 is 28.7 Å². The first-order chi connectivity index (χ1) is 14.6. The molecule has 0 unspecified atom stereocenters. The van der Waals surface area contributed by atoms with Gasteiger partial charge in [0, 0.05) is 49.7 Å². The predicted molar refractivity (Wildman–Crippen MR) is 117 cm³/mol. The number of para-hydroxylation sites is 2. The molecule has 3 aromatic rings. The van der Waals surface area contributed by atoms with Crippen LogP contribution in [-0.2, 0) is 0 Å². The Hall–Kier alpha value is -3.87. The minimum absolute atomic E-state index is 0.0206. The van der Waals surface area contributed by atoms with Crippen LogP contribution in [0.15, 0.2) is 78.9 Å². The Balaban J connectivity index is 1.45. The van der Waals surface area contributed by atoms with Gasteiger partial charge in [-0.1, -0.05) is 36.4 Å². The van der Waals surface area contributed by atoms with Gasteiger partial charge in [0.1, 0.15) is 0 Å². The van der Waals surface area contributed by atoms with Crippen molar-refractivity contribution in [1.82, 2.24) is 4.90 Å². The van der Waals surface area contributed by atoms with Gasteiger partial charge in [0.2, 0.25) is 0 Å². The Morgan fingerprint density at radius 1 is 0.867 bits per heavy atom. The highest BCUT2D eigenvalue weighted by atomic mass is 16.6. The normalized spacial score (nSPS) is 13.7. The Morgan fingerprint density at radius 2 is 1.57 bits per heavy atom. The molecule has 1 N–H and O–H groups in total. The number of nitro groups is 1. The molecule has 0 radical (unpaired) electrons. The summed E-state index contributed by atoms with van der Waals surface area (Å²) in [5, 5.41) is 14.3. The number of non-ortho nitro benzene ring substituents is 1. The van der Waals surface area contributed by atoms with Gasteiger partial charge in [-0.25, -0.2) is 0 Å². The summed E-state index contributed by atoms with van der Waals surface area (Å²) >= 11 is 0. The lowest BCUT2D eigenvalue weighted by atomic mass is 10.1. The number of carbonyl (C=O) groups excluding carboxylic acids is 1. The van der Waals surface area contributed by atoms with E-state index in [-0.39, 0.29) is 16.5 Å². The van der Waals surface area contributed by atoms with E-state index in [0.717, 1.165) is 17.1 Å². The molecule has 152 valence electrons. The average Bonchev–Trinajstić information content (AvgIpc) is 2.80. The number of carbonyl (C=O) groups is 1. The molecular weight excluding hydrogens is 380 g/mol. The molecule has 30 heavy (non-hydrogen) atoms. The van der Waals surface area contributed by atoms with Gasteiger partial charge in [-0.2, -0.15) is 0 Å². The molecule has 1 aliphatic rings. The predicted octanol–water partition coefficient (Wildman–Crippen LogP) is 4.30. The number of nitrogens with one attached hydrogen (secondary N) is 1. The van der Waals surface area contributed by atoms with E-state index in [4.69, 9.17) is 0 Å². The summed E-state index contributed by atoms with van der Waals surface area (Å²) in [5.41, 5.74) is 3.21. The molecule has 1 aliphatic heterocycles. The van der Waals surface area contributed by atoms with Crippen molar-refractivity contribution < 1.29 is 9.72 Å². The Bertz CT molecular complexity index is 1050. The molecule has 7 heteroatoms. The van der Waals surface area contributed by atoms with Crippen LogP contribution in [0.5, 0.6) is 0 Å². The number of nitro benzene ring substituents is 1. The van der Waals surface area contributed by atoms with Crippen LogP contribution in [0.4, 0.5) is 22.7 Å². The number of hydrogen-bond donors (Lipinski definition) is 1. The highest BCUT2D eigenvalue weighted by Crippen LogP contribution is 2.25. The van der Waals surface area contributed by atoms with Crippen LogP contribution < -0.4 is 10.2 Å². The lowest BCUT2D eigenvalue weighted by Crippen LogP contribution is -2.48. The maximum atomic E-state index is 13.2. The number of rotatable bonds is 5. The van der Waals surface area contributed by atoms with Crippen LogP contribution in [0.1, 0.15) is 10.4 Å². The van der Waals surface area contributed by atoms with E-state index >= 15 is 0 Å². The van der Waals surface area contributed by atoms with Crippen molar-refractivity contribution in [1.29, 1.82) is 0 Å². The Morgan fingerprint density at radius 3 is 2.30 bits per heavy atom. The number of hydrogen-bond acceptors (Lipinski definition) is 5. The first-order valence-electron chi connectivity index (χ1n) is 9.81. The quantitative estimate of drug-likeness (QED) is 0.508. The molecule has 0 bridgehead atoms. The molecule has 1 saturated heterocycles. The number of amides is 1. The van der Waals surface area contributed by atoms with Crippen molar-refractivity contribution in [3.05, 3.63) is 94.5 Å². The first-order valence-corrected chi connectivity index (χ1v) is 9.81. The van der Waals surface area contributed by atoms with Crippen LogP contribution in [0.2, 0.25) is 0 Å². The SMILES string of the molecule is O=C(c1ccccc1Nc1ccccc1)N1CCN(c2cccc([N+](=O)[O-])c2)CC1. The summed E-state index contributed by atoms with van der Waals surface area (Å²) in [6.07, 6.45) is 0. The minimum Gasteiger partial charge on any atom is -0.368 e. The second kappa shape index (κ2) is 8.65. The topological polar surface area (TPSA) is 78.7 Å². The fraction of sp³-hybridized carbons (Fsp3) is 0.174. The monoisotopic (exact) mass is 402 g/mol. The zero-order chi connectivity index (χ0) is 20.9. The van der Waals surface area contributed by atoms with E-state index in [1.165, 1.54) is 6.07 Å². The number of benzene rings is 3. The van der Waals surface area contributed by atoms with Crippen molar-refractivity contribution in [2.45, 2.75) is 0 Å². The Kier molecular flexibility index (Phi) is 5.61. The molecule has 1 fully saturated rings. The second-order valence-corrected chi connectivity index (χ2v) is 7.09. The van der Waals surface area contributed by atoms with Crippen molar-refractivity contribution in [2.24, 2.45) is 0 Å². The van der Waals surface area contributed by atoms with E-state index < -0.39 is 0 Å². The number of piperazine rings is 1. The van der Waals surface area contributed by atoms with E-state index in [2.05, 4.69) is 10.2 Å². The highest BCUT2D eigenvalue weighted by Gasteiger charge is 2.24. The molecule has 3 aromatic carbocycles. The maximum absolute atomic E-state index is 13.2. The molecule has 0 saturated carbocycles. The summed E-state index contributed by atoms with van der Waals surface area (Å²) in [6, 6.07) is 23.9. The lowest BCUT2D eigenvalue weighted by Gasteiger charge is -2.36. The van der Waals surface area contributed by atoms with Gasteiger partial charge in [0.05, 0.1) is 16.2 Å². The number of nitrogens with zero attached hydrogens (tertiary/aromatic N) is 3. The summed E-state index contributed by atoms with van der Waals surface area (Å²) in [7, 11) is 0. The fourth-order valence-corrected chi connectivity index (χ4v) is 3.60. The van der Waals surface area contributed by atoms with Crippen LogP contribution >= 0.6 is 0 Å². The van der Waals surface area contributed by atoms with E-state index in [1.807, 2.05) is 65.6 Å². The zero-order valence-electron chi connectivity index (χ0n) is 16.4. The molecule has 4 rings (SSSR count). The maximum Gasteiger partial charge on any atom is 0.271 e. The third kappa shape index (κ3) is 4.25. The van der Waals surface area contributed by atoms with E-state index in [1.54, 1.807) is 12.1 Å². The van der Waals surface area contributed by atoms with Crippen LogP contribution in [0.3, 0.4) is 0 Å². The second-order valence-electron chi connectivity index (χ2n) is 7.09. The van der Waals surface area contributed by atoms with Gasteiger partial charge < -0.3 is 15.1 Å². The lowest BCUT2D eigenvalue weighted by molar-refractivity contribution is -0.384. The third-order valence-corrected chi connectivity index (χ3v) is 5.18. The smallest absolute Gasteiger partial charge is 0.271 e. The molecule has 0 aliphatic carbocycles. The van der Waals surface area contributed by atoms with Gasteiger partial charge in [-0.15, -0.1) is 0 Å². The average molecular weight is 402 g/mol. The summed E-state index contributed by atoms with van der Waals surface area (Å²) < 4.78 is 0. The fourth-order valence-electron chi connectivity index (χ4n) is 3.60. The van der Waals surface area contributed by atoms with Crippen LogP contribution in [-0.4, -0.2) is 41.9 Å². The van der Waals surface area contributed by atoms with Crippen molar-refractivity contribution in [3.63, 3.8) is 0 Å². The largest absolute Gasteiger partial charge is 0.368 e. The summed E-state index contributed by atoms with van der Waals surface area (Å²) in [6.45, 7) is 2.37. The minimum atomic E-state index is -0.389. The van der Waals surface area contributed by atoms with E-state index in [9.17, 15) is 14.9 Å². The van der Waals surface area contributed by atoms with Crippen LogP contribution in [0.25, 0.3) is 0 Å². The molecule has 7 nitrogen and oxygen atoms in total. The highest BCUT2D eigenvalue weighted by molar-refractivity contribution is 6.00. The van der Waals surface area contributed by atoms with Crippen LogP contribution in [0, 0.1) is 10.1 Å². The van der Waals surface area contributed by atoms with Gasteiger partial charge in [-0.3, -0.25) is 14.9 Å². The first kappa shape index (κ1) is 19.4. The molecule has 0 spiro atoms. The molecule has 0 aromatic heterocycles. The summed E-state index contributed by atoms with van der Waals surface area (Å²) in [5.74, 6) is -0.0206. The van der Waals surface area contributed by atoms with E-state index in [0.29, 0.717) is 31.7 Å². The molecule has 0 atom stereocenters. The van der Waals surface area contributed by atoms with Crippen molar-refractivity contribution in [2.75, 3.05) is 36.4 Å². The van der Waals surface area contributed by atoms with Crippen molar-refractivity contribution in [3.8, 4) is 0 Å². The van der Waals surface area contributed by atoms with Gasteiger partial charge >= 0.3 is 0 Å². The summed E-state index contributed by atoms with van der Waals surface area (Å²) in [4.78, 5) is 27.7. The van der Waals surface area contributed by atoms with Gasteiger partial charge in [-0.05, 0) is 30.3 Å². The van der Waals surface area contributed by atoms with Gasteiger partial charge in [0.15, 0.2) is 0 Å². The third-order valence-electron chi connectivity index (χ3n) is 5.18. The standard InChI is InChI=1S/C23H22N4O3/c28-23(21-11-4-5-12-22(21)24-18-7-2-1-3-8-18)26-15-13-25(14-16-26)19-9-6-10-20(17-19)27(29)30/h1-12,17,24H,13-16H2.